The number of hydrogen-bond acceptors (Lipinski definition) is 7. The molecule has 0 amide bonds. The van der Waals surface area contributed by atoms with Gasteiger partial charge in [-0.25, -0.2) is 4.68 Å². The third kappa shape index (κ3) is 4.81. The molecule has 1 saturated heterocycles. The van der Waals surface area contributed by atoms with Crippen LogP contribution in [-0.4, -0.2) is 52.1 Å². The summed E-state index contributed by atoms with van der Waals surface area (Å²) in [4.78, 5) is 12.9. The number of aromatic nitrogens is 3. The molecule has 2 rings (SSSR count). The van der Waals surface area contributed by atoms with Crippen molar-refractivity contribution in [3.05, 3.63) is 11.9 Å². The molecule has 0 saturated carbocycles. The van der Waals surface area contributed by atoms with E-state index in [0.717, 1.165) is 38.8 Å². The minimum atomic E-state index is -0.567. The number of Topliss-reactive ketones (excluding diaryl/α,β-unsaturated/α-hetero) is 1. The fourth-order valence-corrected chi connectivity index (χ4v) is 2.97. The number of carbonyl (C=O) groups excluding carboxylic acids is 1. The Balaban J connectivity index is 2.12. The lowest BCUT2D eigenvalue weighted by atomic mass is 9.88. The van der Waals surface area contributed by atoms with Crippen molar-refractivity contribution in [3.8, 4) is 0 Å². The molecule has 1 fully saturated rings. The lowest BCUT2D eigenvalue weighted by molar-refractivity contribution is -0.127. The minimum absolute atomic E-state index is 0.0679. The van der Waals surface area contributed by atoms with Gasteiger partial charge in [-0.2, -0.15) is 0 Å². The molecule has 0 aliphatic carbocycles. The first-order valence-electron chi connectivity index (χ1n) is 8.40. The lowest BCUT2D eigenvalue weighted by Crippen LogP contribution is -2.35. The first-order valence-corrected chi connectivity index (χ1v) is 8.40. The fourth-order valence-electron chi connectivity index (χ4n) is 2.97. The topological polar surface area (TPSA) is 132 Å². The van der Waals surface area contributed by atoms with E-state index in [2.05, 4.69) is 15.6 Å². The smallest absolute Gasteiger partial charge is 0.160 e. The maximum Gasteiger partial charge on any atom is 0.160 e. The number of aliphatic hydroxyl groups is 1. The Bertz CT molecular complexity index is 486. The number of aliphatic hydroxyl groups excluding tert-OH is 1. The van der Waals surface area contributed by atoms with Crippen LogP contribution in [0.5, 0.6) is 0 Å². The Morgan fingerprint density at radius 1 is 1.43 bits per heavy atom. The highest BCUT2D eigenvalue weighted by Crippen LogP contribution is 2.25. The normalized spacial score (nSPS) is 18.7. The van der Waals surface area contributed by atoms with Crippen molar-refractivity contribution >= 4 is 5.78 Å². The predicted molar refractivity (Wildman–Crippen MR) is 86.6 cm³/mol. The quantitative estimate of drug-likeness (QED) is 0.451. The molecule has 1 aromatic heterocycles. The first-order chi connectivity index (χ1) is 11.2. The van der Waals surface area contributed by atoms with Crippen LogP contribution in [0.25, 0.3) is 0 Å². The van der Waals surface area contributed by atoms with Gasteiger partial charge in [0.2, 0.25) is 0 Å². The molecule has 2 atom stereocenters. The van der Waals surface area contributed by atoms with Gasteiger partial charge < -0.3 is 21.9 Å². The van der Waals surface area contributed by atoms with Gasteiger partial charge in [0.1, 0.15) is 11.7 Å². The zero-order chi connectivity index (χ0) is 16.7. The van der Waals surface area contributed by atoms with E-state index in [0.29, 0.717) is 18.7 Å². The Morgan fingerprint density at radius 3 is 2.83 bits per heavy atom. The summed E-state index contributed by atoms with van der Waals surface area (Å²) in [5.41, 5.74) is 11.8. The molecule has 130 valence electrons. The summed E-state index contributed by atoms with van der Waals surface area (Å²) in [6, 6.07) is -0.890. The summed E-state index contributed by atoms with van der Waals surface area (Å²) >= 11 is 0. The maximum absolute atomic E-state index is 12.9. The van der Waals surface area contributed by atoms with Crippen molar-refractivity contribution in [2.45, 2.75) is 44.2 Å². The van der Waals surface area contributed by atoms with Gasteiger partial charge in [0.05, 0.1) is 18.8 Å². The van der Waals surface area contributed by atoms with Crippen LogP contribution < -0.4 is 16.8 Å². The summed E-state index contributed by atoms with van der Waals surface area (Å²) in [5, 5.41) is 20.5. The van der Waals surface area contributed by atoms with Gasteiger partial charge in [-0.05, 0) is 51.7 Å². The van der Waals surface area contributed by atoms with E-state index in [1.807, 2.05) is 0 Å². The Kier molecular flexibility index (Phi) is 7.10. The molecule has 1 aliphatic heterocycles. The monoisotopic (exact) mass is 324 g/mol. The zero-order valence-electron chi connectivity index (χ0n) is 13.5. The van der Waals surface area contributed by atoms with Crippen molar-refractivity contribution in [1.82, 2.24) is 20.3 Å². The van der Waals surface area contributed by atoms with Gasteiger partial charge >= 0.3 is 0 Å². The second kappa shape index (κ2) is 9.07. The molecule has 1 aromatic rings. The van der Waals surface area contributed by atoms with E-state index in [1.165, 1.54) is 0 Å². The molecular weight excluding hydrogens is 296 g/mol. The molecule has 0 bridgehead atoms. The van der Waals surface area contributed by atoms with Crippen molar-refractivity contribution in [1.29, 1.82) is 0 Å². The standard InChI is InChI=1S/C15H28N6O2/c16-6-2-1-3-14(15(23)11-4-7-18-8-5-11)21-9-13(19-20-21)12(17)10-22/h9,11-12,14,18,22H,1-8,10,16-17H2/t12-,14-/m0/s1. The van der Waals surface area contributed by atoms with E-state index in [9.17, 15) is 4.79 Å². The fraction of sp³-hybridized carbons (Fsp3) is 0.800. The van der Waals surface area contributed by atoms with E-state index < -0.39 is 6.04 Å². The van der Waals surface area contributed by atoms with Crippen molar-refractivity contribution in [3.63, 3.8) is 0 Å². The Hall–Kier alpha value is -1.35. The summed E-state index contributed by atoms with van der Waals surface area (Å²) in [6.07, 6.45) is 5.88. The number of carbonyl (C=O) groups is 1. The van der Waals surface area contributed by atoms with Crippen LogP contribution in [0.4, 0.5) is 0 Å². The summed E-state index contributed by atoms with van der Waals surface area (Å²) < 4.78 is 1.62. The molecule has 8 nitrogen and oxygen atoms in total. The highest BCUT2D eigenvalue weighted by atomic mass is 16.3. The van der Waals surface area contributed by atoms with Gasteiger partial charge in [-0.1, -0.05) is 5.21 Å². The van der Waals surface area contributed by atoms with Crippen LogP contribution in [-0.2, 0) is 4.79 Å². The van der Waals surface area contributed by atoms with Crippen molar-refractivity contribution in [2.24, 2.45) is 17.4 Å². The number of piperidine rings is 1. The molecule has 0 radical (unpaired) electrons. The summed E-state index contributed by atoms with van der Waals surface area (Å²) in [7, 11) is 0. The van der Waals surface area contributed by atoms with Crippen LogP contribution in [0.2, 0.25) is 0 Å². The van der Waals surface area contributed by atoms with E-state index in [-0.39, 0.29) is 24.3 Å². The van der Waals surface area contributed by atoms with E-state index in [1.54, 1.807) is 10.9 Å². The van der Waals surface area contributed by atoms with Crippen LogP contribution >= 0.6 is 0 Å². The Labute approximate surface area is 136 Å². The van der Waals surface area contributed by atoms with Crippen molar-refractivity contribution in [2.75, 3.05) is 26.2 Å². The molecule has 6 N–H and O–H groups in total. The predicted octanol–water partition coefficient (Wildman–Crippen LogP) is -0.491. The third-order valence-electron chi connectivity index (χ3n) is 4.43. The average Bonchev–Trinajstić information content (AvgIpc) is 3.08. The molecule has 0 spiro atoms. The van der Waals surface area contributed by atoms with Gasteiger partial charge in [0, 0.05) is 5.92 Å². The highest BCUT2D eigenvalue weighted by Gasteiger charge is 2.30. The van der Waals surface area contributed by atoms with Gasteiger partial charge in [0.15, 0.2) is 5.78 Å². The number of ketones is 1. The molecule has 2 heterocycles. The molecular formula is C15H28N6O2. The molecule has 8 heteroatoms. The molecule has 0 aromatic carbocycles. The number of rotatable bonds is 9. The molecule has 23 heavy (non-hydrogen) atoms. The Morgan fingerprint density at radius 2 is 2.17 bits per heavy atom. The third-order valence-corrected chi connectivity index (χ3v) is 4.43. The summed E-state index contributed by atoms with van der Waals surface area (Å²) in [6.45, 7) is 2.18. The number of nitrogens with zero attached hydrogens (tertiary/aromatic N) is 3. The van der Waals surface area contributed by atoms with Gasteiger partial charge in [-0.3, -0.25) is 4.79 Å². The minimum Gasteiger partial charge on any atom is -0.394 e. The van der Waals surface area contributed by atoms with Crippen LogP contribution in [0.1, 0.15) is 49.9 Å². The van der Waals surface area contributed by atoms with Crippen LogP contribution in [0.3, 0.4) is 0 Å². The lowest BCUT2D eigenvalue weighted by Gasteiger charge is -2.26. The number of nitrogens with two attached hydrogens (primary N) is 2. The first kappa shape index (κ1) is 18.0. The second-order valence-corrected chi connectivity index (χ2v) is 6.14. The molecule has 1 aliphatic rings. The van der Waals surface area contributed by atoms with E-state index in [4.69, 9.17) is 16.6 Å². The number of nitrogens with one attached hydrogen (secondary N) is 1. The maximum atomic E-state index is 12.9. The van der Waals surface area contributed by atoms with Gasteiger partial charge in [0.25, 0.3) is 0 Å². The van der Waals surface area contributed by atoms with Crippen LogP contribution in [0, 0.1) is 5.92 Å². The average molecular weight is 324 g/mol. The van der Waals surface area contributed by atoms with Crippen molar-refractivity contribution < 1.29 is 9.90 Å². The van der Waals surface area contributed by atoms with E-state index >= 15 is 0 Å². The molecule has 0 unspecified atom stereocenters. The zero-order valence-corrected chi connectivity index (χ0v) is 13.5. The number of hydrogen-bond donors (Lipinski definition) is 4. The SMILES string of the molecule is NCCCC[C@@H](C(=O)C1CCNCC1)n1cc([C@@H](N)CO)nn1. The van der Waals surface area contributed by atoms with Gasteiger partial charge in [-0.15, -0.1) is 5.10 Å². The largest absolute Gasteiger partial charge is 0.394 e. The van der Waals surface area contributed by atoms with Crippen LogP contribution in [0.15, 0.2) is 6.20 Å². The summed E-state index contributed by atoms with van der Waals surface area (Å²) in [5.74, 6) is 0.288. The number of unbranched alkanes of at least 4 members (excludes halogenated alkanes) is 1. The second-order valence-electron chi connectivity index (χ2n) is 6.14. The highest BCUT2D eigenvalue weighted by molar-refractivity contribution is 5.85.